The van der Waals surface area contributed by atoms with Gasteiger partial charge in [-0.2, -0.15) is 11.8 Å². The zero-order valence-corrected chi connectivity index (χ0v) is 28.8. The van der Waals surface area contributed by atoms with E-state index in [9.17, 15) is 66.4 Å². The molecule has 15 N–H and O–H groups in total. The minimum absolute atomic E-state index is 0.0603. The minimum Gasteiger partial charge on any atom is -0.394 e. The molecule has 0 aromatic rings. The molecule has 0 bridgehead atoms. The summed E-state index contributed by atoms with van der Waals surface area (Å²) >= 11 is 1.56. The zero-order valence-electron chi connectivity index (χ0n) is 28.0. The normalized spacial score (nSPS) is 47.4. The first-order valence-electron chi connectivity index (χ1n) is 16.9. The molecule has 0 aromatic heterocycles. The minimum atomic E-state index is -2.00. The summed E-state index contributed by atoms with van der Waals surface area (Å²) in [6.45, 7) is -2.75. The topological polar surface area (TPSA) is 363 Å². The van der Waals surface area contributed by atoms with E-state index in [1.807, 2.05) is 0 Å². The first kappa shape index (κ1) is 44.2. The van der Waals surface area contributed by atoms with Crippen LogP contribution >= 0.6 is 11.8 Å². The van der Waals surface area contributed by atoms with Crippen molar-refractivity contribution in [2.45, 2.75) is 129 Å². The number of aliphatic hydroxyl groups is 13. The molecule has 4 heterocycles. The first-order valence-corrected chi connectivity index (χ1v) is 18.0. The van der Waals surface area contributed by atoms with E-state index < -0.39 is 149 Å². The highest BCUT2D eigenvalue weighted by Crippen LogP contribution is 2.35. The zero-order chi connectivity index (χ0) is 38.3. The maximum Gasteiger partial charge on any atom is 0.187 e. The Morgan fingerprint density at radius 2 is 0.808 bits per heavy atom. The van der Waals surface area contributed by atoms with Crippen LogP contribution in [0.2, 0.25) is 0 Å². The van der Waals surface area contributed by atoms with E-state index >= 15 is 0 Å². The lowest BCUT2D eigenvalue weighted by Gasteiger charge is -2.49. The summed E-state index contributed by atoms with van der Waals surface area (Å²) < 4.78 is 45.7. The van der Waals surface area contributed by atoms with Crippen molar-refractivity contribution in [3.8, 4) is 0 Å². The monoisotopic (exact) mass is 783 g/mol. The highest BCUT2D eigenvalue weighted by Gasteiger charge is 2.56. The van der Waals surface area contributed by atoms with Crippen molar-refractivity contribution in [1.29, 1.82) is 0 Å². The molecule has 0 radical (unpaired) electrons. The Labute approximate surface area is 302 Å². The van der Waals surface area contributed by atoms with Gasteiger partial charge >= 0.3 is 0 Å². The van der Waals surface area contributed by atoms with Crippen LogP contribution in [0.4, 0.5) is 0 Å². The number of hydrogen-bond donors (Lipinski definition) is 14. The second-order valence-electron chi connectivity index (χ2n) is 12.7. The number of rotatable bonds is 17. The van der Waals surface area contributed by atoms with E-state index in [0.29, 0.717) is 24.5 Å². The summed E-state index contributed by atoms with van der Waals surface area (Å²) in [6.07, 6.45) is -34.8. The molecule has 0 amide bonds. The van der Waals surface area contributed by atoms with E-state index in [1.165, 1.54) is 0 Å². The lowest BCUT2D eigenvalue weighted by Crippen LogP contribution is -2.68. The van der Waals surface area contributed by atoms with Gasteiger partial charge in [-0.1, -0.05) is 0 Å². The van der Waals surface area contributed by atoms with Gasteiger partial charge in [0.2, 0.25) is 0 Å². The van der Waals surface area contributed by atoms with Gasteiger partial charge in [-0.25, -0.2) is 0 Å². The van der Waals surface area contributed by atoms with Crippen molar-refractivity contribution in [3.63, 3.8) is 0 Å². The van der Waals surface area contributed by atoms with Crippen LogP contribution in [0.1, 0.15) is 6.42 Å². The van der Waals surface area contributed by atoms with E-state index in [1.54, 1.807) is 11.8 Å². The number of thioether (sulfide) groups is 1. The predicted octanol–water partition coefficient (Wildman–Crippen LogP) is -8.64. The van der Waals surface area contributed by atoms with Gasteiger partial charge < -0.3 is 110 Å². The van der Waals surface area contributed by atoms with Crippen LogP contribution in [0.5, 0.6) is 0 Å². The van der Waals surface area contributed by atoms with Crippen molar-refractivity contribution in [2.24, 2.45) is 5.73 Å². The van der Waals surface area contributed by atoms with Gasteiger partial charge in [0.05, 0.1) is 33.0 Å². The highest BCUT2D eigenvalue weighted by molar-refractivity contribution is 7.99. The largest absolute Gasteiger partial charge is 0.394 e. The summed E-state index contributed by atoms with van der Waals surface area (Å²) in [5, 5.41) is 135. The first-order chi connectivity index (χ1) is 24.8. The van der Waals surface area contributed by atoms with Crippen LogP contribution < -0.4 is 5.73 Å². The summed E-state index contributed by atoms with van der Waals surface area (Å²) in [6, 6.07) is 0. The fourth-order valence-corrected chi connectivity index (χ4v) is 6.84. The Hall–Kier alpha value is -0.530. The fourth-order valence-electron chi connectivity index (χ4n) is 6.15. The smallest absolute Gasteiger partial charge is 0.187 e. The molecule has 0 saturated carbocycles. The number of ether oxygens (including phenoxy) is 8. The lowest BCUT2D eigenvalue weighted by molar-refractivity contribution is -0.406. The average Bonchev–Trinajstić information content (AvgIpc) is 3.14. The molecule has 0 aliphatic carbocycles. The summed E-state index contributed by atoms with van der Waals surface area (Å²) in [7, 11) is 0. The molecule has 0 unspecified atom stereocenters. The van der Waals surface area contributed by atoms with Gasteiger partial charge in [0, 0.05) is 12.3 Å². The standard InChI is InChI=1S/C29H53NO21S/c30-2-5-52-4-1-3-44-27-23(19(40)15(36)11(7-32)46-27)50-29-25(21(42)17(38)13(9-34)48-29)51-28-24(20(41)16(37)12(8-33)47-28)49-26-22(43)18(39)14(35)10(6-31)45-26/h10-29,31-43H,1-9,30H2/t10-,11-,12-,13-,14-,15-,16-,17-,18+,19+,20+,21+,22+,23+,24+,25+,26+,27+,28+,29-/m1/s1. The van der Waals surface area contributed by atoms with Gasteiger partial charge in [-0.05, 0) is 12.2 Å². The van der Waals surface area contributed by atoms with Crippen molar-refractivity contribution >= 4 is 11.8 Å². The lowest BCUT2D eigenvalue weighted by atomic mass is 9.96. The van der Waals surface area contributed by atoms with Crippen molar-refractivity contribution in [3.05, 3.63) is 0 Å². The van der Waals surface area contributed by atoms with Crippen LogP contribution in [-0.2, 0) is 37.9 Å². The Kier molecular flexibility index (Phi) is 17.5. The Bertz CT molecular complexity index is 1040. The third-order valence-corrected chi connectivity index (χ3v) is 10.3. The second kappa shape index (κ2) is 20.6. The van der Waals surface area contributed by atoms with Crippen LogP contribution in [0.3, 0.4) is 0 Å². The molecule has 20 atom stereocenters. The van der Waals surface area contributed by atoms with Crippen molar-refractivity contribution < 1.29 is 104 Å². The fraction of sp³-hybridized carbons (Fsp3) is 1.00. The SMILES string of the molecule is NCCSCCCO[C@H]1O[C@H](CO)[C@@H](O)[C@H](O)[C@@H]1O[C@H]1O[C@H](CO)[C@@H](O)[C@H](O)[C@@H]1O[C@@H]1O[C@H](CO)[C@@H](O)[C@H](O)[C@@H]1O[C@@H]1O[C@H](CO)[C@@H](O)[C@H](O)[C@@H]1O. The molecule has 4 saturated heterocycles. The summed E-state index contributed by atoms with van der Waals surface area (Å²) in [5.41, 5.74) is 5.51. The van der Waals surface area contributed by atoms with Gasteiger partial charge in [-0.3, -0.25) is 0 Å². The Morgan fingerprint density at radius 3 is 1.23 bits per heavy atom. The summed E-state index contributed by atoms with van der Waals surface area (Å²) in [5.74, 6) is 1.36. The molecule has 23 heteroatoms. The van der Waals surface area contributed by atoms with E-state index in [2.05, 4.69) is 0 Å². The predicted molar refractivity (Wildman–Crippen MR) is 169 cm³/mol. The molecule has 4 fully saturated rings. The van der Waals surface area contributed by atoms with E-state index in [-0.39, 0.29) is 6.61 Å². The molecule has 0 spiro atoms. The maximum atomic E-state index is 11.2. The number of aliphatic hydroxyl groups excluding tert-OH is 13. The van der Waals surface area contributed by atoms with Gasteiger partial charge in [-0.15, -0.1) is 0 Å². The highest BCUT2D eigenvalue weighted by atomic mass is 32.2. The molecular weight excluding hydrogens is 730 g/mol. The third-order valence-electron chi connectivity index (χ3n) is 9.17. The molecule has 0 aromatic carbocycles. The molecule has 4 rings (SSSR count). The molecule has 4 aliphatic rings. The van der Waals surface area contributed by atoms with Gasteiger partial charge in [0.25, 0.3) is 0 Å². The molecule has 4 aliphatic heterocycles. The maximum absolute atomic E-state index is 11.2. The van der Waals surface area contributed by atoms with Crippen molar-refractivity contribution in [2.75, 3.05) is 51.1 Å². The van der Waals surface area contributed by atoms with Crippen LogP contribution in [0, 0.1) is 0 Å². The van der Waals surface area contributed by atoms with Crippen LogP contribution in [0.25, 0.3) is 0 Å². The molecule has 22 nitrogen and oxygen atoms in total. The second-order valence-corrected chi connectivity index (χ2v) is 14.0. The third kappa shape index (κ3) is 10.1. The molecular formula is C29H53NO21S. The Balaban J connectivity index is 1.60. The Morgan fingerprint density at radius 1 is 0.442 bits per heavy atom. The van der Waals surface area contributed by atoms with E-state index in [0.717, 1.165) is 0 Å². The van der Waals surface area contributed by atoms with Crippen molar-refractivity contribution in [1.82, 2.24) is 0 Å². The average molecular weight is 784 g/mol. The van der Waals surface area contributed by atoms with Crippen LogP contribution in [0.15, 0.2) is 0 Å². The quantitative estimate of drug-likeness (QED) is 0.0609. The van der Waals surface area contributed by atoms with Gasteiger partial charge in [0.1, 0.15) is 97.7 Å². The van der Waals surface area contributed by atoms with Gasteiger partial charge in [0.15, 0.2) is 25.2 Å². The van der Waals surface area contributed by atoms with E-state index in [4.69, 9.17) is 43.6 Å². The number of hydrogen-bond acceptors (Lipinski definition) is 23. The summed E-state index contributed by atoms with van der Waals surface area (Å²) in [4.78, 5) is 0. The molecule has 306 valence electrons. The van der Waals surface area contributed by atoms with Crippen LogP contribution in [-0.4, -0.2) is 240 Å². The molecule has 52 heavy (non-hydrogen) atoms. The number of nitrogens with two attached hydrogens (primary N) is 1.